The number of carbonyl (C=O) groups excluding carboxylic acids is 1. The number of nitrogens with zero attached hydrogens (tertiary/aromatic N) is 3. The third-order valence-electron chi connectivity index (χ3n) is 3.08. The number of anilines is 1. The molecule has 2 heterocycles. The molecule has 1 aromatic carbocycles. The predicted octanol–water partition coefficient (Wildman–Crippen LogP) is 3.11. The Hall–Kier alpha value is -3.15. The van der Waals surface area contributed by atoms with Gasteiger partial charge in [0.1, 0.15) is 5.82 Å². The Balaban J connectivity index is 2.07. The molecule has 22 heavy (non-hydrogen) atoms. The number of pyridine rings is 1. The molecule has 3 rings (SSSR count). The minimum atomic E-state index is -0.546. The van der Waals surface area contributed by atoms with Crippen LogP contribution < -0.4 is 5.32 Å². The summed E-state index contributed by atoms with van der Waals surface area (Å²) < 4.78 is 6.31. The van der Waals surface area contributed by atoms with Crippen molar-refractivity contribution in [3.63, 3.8) is 0 Å². The zero-order valence-electron chi connectivity index (χ0n) is 11.9. The van der Waals surface area contributed by atoms with Gasteiger partial charge in [-0.1, -0.05) is 18.2 Å². The van der Waals surface area contributed by atoms with E-state index in [1.54, 1.807) is 23.1 Å². The molecular formula is C16H14N4O2. The van der Waals surface area contributed by atoms with Gasteiger partial charge in [-0.3, -0.25) is 10.3 Å². The number of amides is 1. The lowest BCUT2D eigenvalue weighted by molar-refractivity contribution is 0.186. The highest BCUT2D eigenvalue weighted by molar-refractivity contribution is 5.84. The Morgan fingerprint density at radius 3 is 2.68 bits per heavy atom. The molecular weight excluding hydrogens is 280 g/mol. The molecule has 1 N–H and O–H groups in total. The minimum Gasteiger partial charge on any atom is -0.453 e. The molecule has 0 aliphatic rings. The van der Waals surface area contributed by atoms with Crippen LogP contribution in [0.5, 0.6) is 0 Å². The maximum absolute atomic E-state index is 11.5. The maximum atomic E-state index is 11.5. The van der Waals surface area contributed by atoms with Crippen molar-refractivity contribution in [2.75, 3.05) is 12.4 Å². The van der Waals surface area contributed by atoms with Gasteiger partial charge in [-0.25, -0.2) is 9.48 Å². The number of hydrogen-bond acceptors (Lipinski definition) is 4. The van der Waals surface area contributed by atoms with Crippen molar-refractivity contribution in [2.45, 2.75) is 0 Å². The molecule has 0 fully saturated rings. The molecule has 0 bridgehead atoms. The van der Waals surface area contributed by atoms with Crippen LogP contribution in [0.2, 0.25) is 0 Å². The molecule has 3 aromatic rings. The van der Waals surface area contributed by atoms with E-state index in [2.05, 4.69) is 20.1 Å². The topological polar surface area (TPSA) is 69.0 Å². The van der Waals surface area contributed by atoms with Crippen molar-refractivity contribution < 1.29 is 9.53 Å². The summed E-state index contributed by atoms with van der Waals surface area (Å²) in [5.41, 5.74) is 2.41. The Morgan fingerprint density at radius 1 is 1.18 bits per heavy atom. The number of hydrogen-bond donors (Lipinski definition) is 1. The van der Waals surface area contributed by atoms with Gasteiger partial charge in [0.15, 0.2) is 0 Å². The van der Waals surface area contributed by atoms with Crippen LogP contribution in [-0.4, -0.2) is 28.0 Å². The van der Waals surface area contributed by atoms with Gasteiger partial charge in [0.2, 0.25) is 0 Å². The number of benzene rings is 1. The van der Waals surface area contributed by atoms with E-state index in [4.69, 9.17) is 0 Å². The standard InChI is InChI=1S/C16H14N4O2/c1-22-16(21)18-15-10-14(12-6-5-9-17-11-12)19-20(15)13-7-3-2-4-8-13/h2-11H,1H3,(H,18,21). The van der Waals surface area contributed by atoms with E-state index in [1.807, 2.05) is 42.5 Å². The first-order valence-corrected chi connectivity index (χ1v) is 6.69. The normalized spacial score (nSPS) is 10.2. The van der Waals surface area contributed by atoms with E-state index >= 15 is 0 Å². The number of para-hydroxylation sites is 1. The van der Waals surface area contributed by atoms with Crippen molar-refractivity contribution in [3.8, 4) is 16.9 Å². The van der Waals surface area contributed by atoms with Crippen LogP contribution in [-0.2, 0) is 4.74 Å². The summed E-state index contributed by atoms with van der Waals surface area (Å²) in [6.45, 7) is 0. The molecule has 6 nitrogen and oxygen atoms in total. The average Bonchev–Trinajstić information content (AvgIpc) is 3.00. The number of rotatable bonds is 3. The summed E-state index contributed by atoms with van der Waals surface area (Å²) in [6.07, 6.45) is 2.88. The lowest BCUT2D eigenvalue weighted by Gasteiger charge is -2.07. The van der Waals surface area contributed by atoms with Gasteiger partial charge in [0.25, 0.3) is 0 Å². The van der Waals surface area contributed by atoms with E-state index in [0.717, 1.165) is 11.3 Å². The van der Waals surface area contributed by atoms with Crippen molar-refractivity contribution in [1.82, 2.24) is 14.8 Å². The summed E-state index contributed by atoms with van der Waals surface area (Å²) in [6, 6.07) is 15.1. The molecule has 0 atom stereocenters. The van der Waals surface area contributed by atoms with E-state index in [1.165, 1.54) is 7.11 Å². The second-order valence-electron chi connectivity index (χ2n) is 4.52. The predicted molar refractivity (Wildman–Crippen MR) is 82.8 cm³/mol. The van der Waals surface area contributed by atoms with E-state index in [9.17, 15) is 4.79 Å². The Bertz CT molecular complexity index is 769. The van der Waals surface area contributed by atoms with Crippen molar-refractivity contribution >= 4 is 11.9 Å². The Labute approximate surface area is 127 Å². The lowest BCUT2D eigenvalue weighted by atomic mass is 10.2. The highest BCUT2D eigenvalue weighted by atomic mass is 16.5. The van der Waals surface area contributed by atoms with Crippen molar-refractivity contribution in [3.05, 3.63) is 60.9 Å². The Morgan fingerprint density at radius 2 is 2.00 bits per heavy atom. The monoisotopic (exact) mass is 294 g/mol. The molecule has 0 saturated carbocycles. The Kier molecular flexibility index (Phi) is 3.82. The fourth-order valence-corrected chi connectivity index (χ4v) is 2.05. The lowest BCUT2D eigenvalue weighted by Crippen LogP contribution is -2.14. The van der Waals surface area contributed by atoms with Gasteiger partial charge in [-0.2, -0.15) is 5.10 Å². The van der Waals surface area contributed by atoms with Crippen LogP contribution in [0.3, 0.4) is 0 Å². The second kappa shape index (κ2) is 6.09. The van der Waals surface area contributed by atoms with Gasteiger partial charge in [-0.15, -0.1) is 0 Å². The largest absolute Gasteiger partial charge is 0.453 e. The summed E-state index contributed by atoms with van der Waals surface area (Å²) in [7, 11) is 1.32. The maximum Gasteiger partial charge on any atom is 0.412 e. The summed E-state index contributed by atoms with van der Waals surface area (Å²) >= 11 is 0. The van der Waals surface area contributed by atoms with E-state index < -0.39 is 6.09 Å². The van der Waals surface area contributed by atoms with Crippen LogP contribution in [0.4, 0.5) is 10.6 Å². The third kappa shape index (κ3) is 2.80. The van der Waals surface area contributed by atoms with E-state index in [-0.39, 0.29) is 0 Å². The van der Waals surface area contributed by atoms with Crippen LogP contribution in [0.25, 0.3) is 16.9 Å². The molecule has 0 radical (unpaired) electrons. The molecule has 1 amide bonds. The first-order chi connectivity index (χ1) is 10.8. The highest BCUT2D eigenvalue weighted by Crippen LogP contribution is 2.24. The minimum absolute atomic E-state index is 0.525. The molecule has 6 heteroatoms. The number of ether oxygens (including phenoxy) is 1. The highest BCUT2D eigenvalue weighted by Gasteiger charge is 2.13. The second-order valence-corrected chi connectivity index (χ2v) is 4.52. The molecule has 2 aromatic heterocycles. The third-order valence-corrected chi connectivity index (χ3v) is 3.08. The fourth-order valence-electron chi connectivity index (χ4n) is 2.05. The van der Waals surface area contributed by atoms with Gasteiger partial charge in [0, 0.05) is 24.0 Å². The van der Waals surface area contributed by atoms with Crippen LogP contribution in [0, 0.1) is 0 Å². The molecule has 0 spiro atoms. The van der Waals surface area contributed by atoms with Crippen LogP contribution in [0.1, 0.15) is 0 Å². The number of aromatic nitrogens is 3. The van der Waals surface area contributed by atoms with Gasteiger partial charge in [-0.05, 0) is 24.3 Å². The quantitative estimate of drug-likeness (QED) is 0.806. The van der Waals surface area contributed by atoms with Crippen molar-refractivity contribution in [2.24, 2.45) is 0 Å². The average molecular weight is 294 g/mol. The summed E-state index contributed by atoms with van der Waals surface area (Å²) in [5, 5.41) is 7.21. The van der Waals surface area contributed by atoms with Crippen LogP contribution in [0.15, 0.2) is 60.9 Å². The zero-order chi connectivity index (χ0) is 15.4. The first-order valence-electron chi connectivity index (χ1n) is 6.69. The fraction of sp³-hybridized carbons (Fsp3) is 0.0625. The van der Waals surface area contributed by atoms with Gasteiger partial charge >= 0.3 is 6.09 Å². The van der Waals surface area contributed by atoms with Gasteiger partial charge < -0.3 is 4.74 Å². The zero-order valence-corrected chi connectivity index (χ0v) is 11.9. The number of methoxy groups -OCH3 is 1. The van der Waals surface area contributed by atoms with Crippen molar-refractivity contribution in [1.29, 1.82) is 0 Å². The molecule has 110 valence electrons. The van der Waals surface area contributed by atoms with Crippen LogP contribution >= 0.6 is 0 Å². The molecule has 0 unspecified atom stereocenters. The first kappa shape index (κ1) is 13.8. The molecule has 0 saturated heterocycles. The van der Waals surface area contributed by atoms with Gasteiger partial charge in [0.05, 0.1) is 18.5 Å². The smallest absolute Gasteiger partial charge is 0.412 e. The molecule has 0 aliphatic carbocycles. The number of nitrogens with one attached hydrogen (secondary N) is 1. The van der Waals surface area contributed by atoms with E-state index in [0.29, 0.717) is 11.5 Å². The number of carbonyl (C=O) groups is 1. The SMILES string of the molecule is COC(=O)Nc1cc(-c2cccnc2)nn1-c1ccccc1. The molecule has 0 aliphatic heterocycles. The summed E-state index contributed by atoms with van der Waals surface area (Å²) in [5.74, 6) is 0.525. The summed E-state index contributed by atoms with van der Waals surface area (Å²) in [4.78, 5) is 15.6.